The number of amides is 2. The van der Waals surface area contributed by atoms with Crippen LogP contribution in [-0.4, -0.2) is 54.5 Å². The van der Waals surface area contributed by atoms with E-state index in [0.717, 1.165) is 28.7 Å². The molecule has 3 N–H and O–H groups in total. The van der Waals surface area contributed by atoms with Gasteiger partial charge in [-0.1, -0.05) is 55.0 Å². The van der Waals surface area contributed by atoms with Crippen molar-refractivity contribution >= 4 is 18.0 Å². The van der Waals surface area contributed by atoms with Gasteiger partial charge in [0, 0.05) is 18.6 Å². The Bertz CT molecular complexity index is 1060. The summed E-state index contributed by atoms with van der Waals surface area (Å²) in [4.78, 5) is 36.8. The van der Waals surface area contributed by atoms with Crippen molar-refractivity contribution in [1.82, 2.24) is 10.6 Å². The molecule has 0 spiro atoms. The van der Waals surface area contributed by atoms with Crippen molar-refractivity contribution in [3.8, 4) is 11.1 Å². The highest BCUT2D eigenvalue weighted by molar-refractivity contribution is 5.84. The molecule has 0 radical (unpaired) electrons. The van der Waals surface area contributed by atoms with Gasteiger partial charge in [0.2, 0.25) is 0 Å². The number of carbonyl (C=O) groups is 3. The second-order valence-corrected chi connectivity index (χ2v) is 9.15. The maximum Gasteiger partial charge on any atom is 0.407 e. The van der Waals surface area contributed by atoms with Gasteiger partial charge in [-0.15, -0.1) is 0 Å². The van der Waals surface area contributed by atoms with Gasteiger partial charge in [-0.25, -0.2) is 4.79 Å². The molecule has 1 heterocycles. The molecule has 2 aromatic carbocycles. The highest BCUT2D eigenvalue weighted by Crippen LogP contribution is 2.44. The highest BCUT2D eigenvalue weighted by atomic mass is 16.6. The molecule has 4 unspecified atom stereocenters. The summed E-state index contributed by atoms with van der Waals surface area (Å²) in [7, 11) is 0. The lowest BCUT2D eigenvalue weighted by Gasteiger charge is -2.23. The Balaban J connectivity index is 1.19. The van der Waals surface area contributed by atoms with E-state index >= 15 is 0 Å². The van der Waals surface area contributed by atoms with Crippen molar-refractivity contribution < 1.29 is 29.0 Å². The van der Waals surface area contributed by atoms with Crippen molar-refractivity contribution in [1.29, 1.82) is 0 Å². The summed E-state index contributed by atoms with van der Waals surface area (Å²) < 4.78 is 11.2. The van der Waals surface area contributed by atoms with Crippen LogP contribution in [0.15, 0.2) is 48.5 Å². The summed E-state index contributed by atoms with van der Waals surface area (Å²) in [6, 6.07) is 15.3. The van der Waals surface area contributed by atoms with Gasteiger partial charge in [-0.3, -0.25) is 9.59 Å². The van der Waals surface area contributed by atoms with E-state index in [-0.39, 0.29) is 18.4 Å². The largest absolute Gasteiger partial charge is 0.481 e. The van der Waals surface area contributed by atoms with Crippen LogP contribution in [0, 0.1) is 5.92 Å². The Kier molecular flexibility index (Phi) is 6.24. The fourth-order valence-corrected chi connectivity index (χ4v) is 5.48. The molecule has 2 fully saturated rings. The van der Waals surface area contributed by atoms with Gasteiger partial charge in [-0.2, -0.15) is 0 Å². The molecule has 2 aliphatic carbocycles. The van der Waals surface area contributed by atoms with Crippen LogP contribution in [0.1, 0.15) is 42.7 Å². The molecule has 1 saturated heterocycles. The monoisotopic (exact) mass is 464 g/mol. The smallest absolute Gasteiger partial charge is 0.407 e. The fraction of sp³-hybridized carbons (Fsp3) is 0.423. The first-order valence-corrected chi connectivity index (χ1v) is 11.8. The van der Waals surface area contributed by atoms with Crippen molar-refractivity contribution in [2.45, 2.75) is 49.8 Å². The molecule has 8 nitrogen and oxygen atoms in total. The quantitative estimate of drug-likeness (QED) is 0.606. The molecule has 3 aliphatic rings. The van der Waals surface area contributed by atoms with E-state index in [9.17, 15) is 19.5 Å². The van der Waals surface area contributed by atoms with Crippen molar-refractivity contribution in [3.05, 3.63) is 59.7 Å². The number of carbonyl (C=O) groups excluding carboxylic acids is 2. The number of alkyl carbamates (subject to hydrolysis) is 1. The zero-order valence-corrected chi connectivity index (χ0v) is 18.7. The normalized spacial score (nSPS) is 25.4. The van der Waals surface area contributed by atoms with Gasteiger partial charge in [0.15, 0.2) is 6.10 Å². The summed E-state index contributed by atoms with van der Waals surface area (Å²) in [5.41, 5.74) is 4.56. The van der Waals surface area contributed by atoms with Gasteiger partial charge in [0.1, 0.15) is 6.61 Å². The number of carboxylic acids is 1. The molecule has 0 bridgehead atoms. The van der Waals surface area contributed by atoms with Gasteiger partial charge in [0.25, 0.3) is 5.91 Å². The van der Waals surface area contributed by atoms with Gasteiger partial charge in [-0.05, 0) is 41.5 Å². The predicted octanol–water partition coefficient (Wildman–Crippen LogP) is 3.05. The van der Waals surface area contributed by atoms with Gasteiger partial charge >= 0.3 is 12.1 Å². The molecule has 34 heavy (non-hydrogen) atoms. The van der Waals surface area contributed by atoms with E-state index < -0.39 is 36.2 Å². The number of ether oxygens (including phenoxy) is 2. The fourth-order valence-electron chi connectivity index (χ4n) is 5.48. The van der Waals surface area contributed by atoms with Crippen molar-refractivity contribution in [2.24, 2.45) is 5.92 Å². The topological polar surface area (TPSA) is 114 Å². The molecule has 178 valence electrons. The minimum absolute atomic E-state index is 0.0487. The van der Waals surface area contributed by atoms with Crippen LogP contribution < -0.4 is 10.6 Å². The zero-order valence-electron chi connectivity index (χ0n) is 18.7. The van der Waals surface area contributed by atoms with Crippen LogP contribution in [0.4, 0.5) is 4.79 Å². The number of hydrogen-bond donors (Lipinski definition) is 3. The number of nitrogens with one attached hydrogen (secondary N) is 2. The first-order chi connectivity index (χ1) is 16.5. The minimum Gasteiger partial charge on any atom is -0.481 e. The molecule has 2 amide bonds. The summed E-state index contributed by atoms with van der Waals surface area (Å²) in [5.74, 6) is -1.92. The lowest BCUT2D eigenvalue weighted by Crippen LogP contribution is -2.51. The molecule has 0 aromatic heterocycles. The third-order valence-electron chi connectivity index (χ3n) is 7.16. The average Bonchev–Trinajstić information content (AvgIpc) is 3.55. The Morgan fingerprint density at radius 2 is 1.59 bits per heavy atom. The second kappa shape index (κ2) is 9.46. The van der Waals surface area contributed by atoms with E-state index in [1.165, 1.54) is 0 Å². The number of hydrogen-bond acceptors (Lipinski definition) is 5. The molecular formula is C26H28N2O6. The predicted molar refractivity (Wildman–Crippen MR) is 123 cm³/mol. The molecule has 8 heteroatoms. The Morgan fingerprint density at radius 3 is 2.26 bits per heavy atom. The van der Waals surface area contributed by atoms with Crippen LogP contribution >= 0.6 is 0 Å². The number of aliphatic carboxylic acids is 1. The first kappa shape index (κ1) is 22.4. The number of benzene rings is 2. The molecule has 1 aliphatic heterocycles. The maximum atomic E-state index is 12.8. The zero-order chi connectivity index (χ0) is 23.7. The number of rotatable bonds is 6. The third kappa shape index (κ3) is 4.25. The maximum absolute atomic E-state index is 12.8. The van der Waals surface area contributed by atoms with E-state index in [1.54, 1.807) is 0 Å². The van der Waals surface area contributed by atoms with Crippen LogP contribution in [-0.2, 0) is 19.1 Å². The summed E-state index contributed by atoms with van der Waals surface area (Å²) in [6.07, 6.45) is 0.951. The molecule has 5 rings (SSSR count). The number of carboxylic acid groups (broad SMARTS) is 1. The summed E-state index contributed by atoms with van der Waals surface area (Å²) in [5, 5.41) is 14.9. The molecule has 4 atom stereocenters. The standard InChI is InChI=1S/C26H28N2O6/c29-24(27-21-11-5-10-19(21)25(30)31)23-22(12-13-33-23)28-26(32)34-14-20-17-8-3-1-6-15(17)16-7-2-4-9-18(16)20/h1-4,6-9,19-23H,5,10-14H2,(H,27,29)(H,28,32)(H,30,31). The van der Waals surface area contributed by atoms with Crippen molar-refractivity contribution in [2.75, 3.05) is 13.2 Å². The molecule has 1 saturated carbocycles. The van der Waals surface area contributed by atoms with Gasteiger partial charge in [0.05, 0.1) is 12.0 Å². The second-order valence-electron chi connectivity index (χ2n) is 9.15. The lowest BCUT2D eigenvalue weighted by molar-refractivity contribution is -0.142. The summed E-state index contributed by atoms with van der Waals surface area (Å²) >= 11 is 0. The summed E-state index contributed by atoms with van der Waals surface area (Å²) in [6.45, 7) is 0.520. The van der Waals surface area contributed by atoms with Crippen LogP contribution in [0.5, 0.6) is 0 Å². The van der Waals surface area contributed by atoms with E-state index in [4.69, 9.17) is 9.47 Å². The third-order valence-corrected chi connectivity index (χ3v) is 7.16. The van der Waals surface area contributed by atoms with Crippen LogP contribution in [0.3, 0.4) is 0 Å². The van der Waals surface area contributed by atoms with Crippen molar-refractivity contribution in [3.63, 3.8) is 0 Å². The Labute approximate surface area is 197 Å². The van der Waals surface area contributed by atoms with Crippen LogP contribution in [0.2, 0.25) is 0 Å². The number of fused-ring (bicyclic) bond motifs is 3. The Morgan fingerprint density at radius 1 is 0.912 bits per heavy atom. The lowest BCUT2D eigenvalue weighted by atomic mass is 9.98. The van der Waals surface area contributed by atoms with E-state index in [0.29, 0.717) is 25.9 Å². The van der Waals surface area contributed by atoms with Crippen LogP contribution in [0.25, 0.3) is 11.1 Å². The SMILES string of the molecule is O=C(NC1CCOC1C(=O)NC1CCCC1C(=O)O)OCC1c2ccccc2-c2ccccc21. The Hall–Kier alpha value is -3.39. The molecular weight excluding hydrogens is 436 g/mol. The van der Waals surface area contributed by atoms with E-state index in [2.05, 4.69) is 34.9 Å². The minimum atomic E-state index is -0.900. The first-order valence-electron chi connectivity index (χ1n) is 11.8. The van der Waals surface area contributed by atoms with Gasteiger partial charge < -0.3 is 25.2 Å². The molecule has 2 aromatic rings. The average molecular weight is 465 g/mol. The highest BCUT2D eigenvalue weighted by Gasteiger charge is 2.40. The van der Waals surface area contributed by atoms with E-state index in [1.807, 2.05) is 24.3 Å².